The number of alkyl halides is 2. The second-order valence-electron chi connectivity index (χ2n) is 7.03. The van der Waals surface area contributed by atoms with E-state index in [4.69, 9.17) is 0 Å². The Kier molecular flexibility index (Phi) is 3.85. The maximum absolute atomic E-state index is 13.3. The highest BCUT2D eigenvalue weighted by atomic mass is 19.3. The van der Waals surface area contributed by atoms with E-state index in [0.29, 0.717) is 33.8 Å². The van der Waals surface area contributed by atoms with Crippen LogP contribution < -0.4 is 5.32 Å². The van der Waals surface area contributed by atoms with E-state index >= 15 is 0 Å². The molecule has 0 saturated heterocycles. The van der Waals surface area contributed by atoms with Gasteiger partial charge in [0.15, 0.2) is 0 Å². The Bertz CT molecular complexity index is 1040. The minimum Gasteiger partial charge on any atom is -0.396 e. The molecular weight excluding hydrogens is 356 g/mol. The number of aryl methyl sites for hydroxylation is 1. The summed E-state index contributed by atoms with van der Waals surface area (Å²) in [6.07, 6.45) is 2.25. The SMILES string of the molecule is Cn1ncc(-c2cc3c(NCC4(CO)CC(F)(F)C4)ncnc3[nH]2)c1C#N. The Morgan fingerprint density at radius 3 is 2.85 bits per heavy atom. The normalized spacial score (nSPS) is 17.4. The van der Waals surface area contributed by atoms with Crippen LogP contribution in [0.1, 0.15) is 18.5 Å². The molecule has 0 amide bonds. The van der Waals surface area contributed by atoms with Crippen LogP contribution in [0.4, 0.5) is 14.6 Å². The van der Waals surface area contributed by atoms with Crippen LogP contribution in [0.5, 0.6) is 0 Å². The van der Waals surface area contributed by atoms with Crippen molar-refractivity contribution in [2.75, 3.05) is 18.5 Å². The molecule has 0 aromatic carbocycles. The van der Waals surface area contributed by atoms with Crippen molar-refractivity contribution in [3.8, 4) is 17.3 Å². The van der Waals surface area contributed by atoms with E-state index in [2.05, 4.69) is 31.4 Å². The minimum absolute atomic E-state index is 0.183. The largest absolute Gasteiger partial charge is 0.396 e. The highest BCUT2D eigenvalue weighted by Crippen LogP contribution is 2.51. The van der Waals surface area contributed by atoms with Gasteiger partial charge in [-0.3, -0.25) is 4.68 Å². The van der Waals surface area contributed by atoms with Gasteiger partial charge in [-0.05, 0) is 6.07 Å². The van der Waals surface area contributed by atoms with Gasteiger partial charge in [0.2, 0.25) is 5.92 Å². The molecule has 8 nitrogen and oxygen atoms in total. The number of nitriles is 1. The summed E-state index contributed by atoms with van der Waals surface area (Å²) in [5.41, 5.74) is 1.39. The van der Waals surface area contributed by atoms with E-state index in [1.807, 2.05) is 0 Å². The lowest BCUT2D eigenvalue weighted by Crippen LogP contribution is -2.52. The molecule has 0 spiro atoms. The van der Waals surface area contributed by atoms with Crippen LogP contribution in [0, 0.1) is 16.7 Å². The first-order chi connectivity index (χ1) is 12.9. The molecule has 0 aliphatic heterocycles. The van der Waals surface area contributed by atoms with Gasteiger partial charge in [0.05, 0.1) is 29.4 Å². The number of aliphatic hydroxyl groups excluding tert-OH is 1. The molecule has 3 aromatic rings. The van der Waals surface area contributed by atoms with Gasteiger partial charge in [-0.2, -0.15) is 10.4 Å². The molecule has 27 heavy (non-hydrogen) atoms. The number of aliphatic hydroxyl groups is 1. The summed E-state index contributed by atoms with van der Waals surface area (Å²) in [6.45, 7) is -0.133. The van der Waals surface area contributed by atoms with E-state index in [1.54, 1.807) is 19.3 Å². The predicted molar refractivity (Wildman–Crippen MR) is 93.0 cm³/mol. The molecule has 3 N–H and O–H groups in total. The molecule has 1 fully saturated rings. The molecule has 0 atom stereocenters. The second-order valence-corrected chi connectivity index (χ2v) is 7.03. The molecule has 0 unspecified atom stereocenters. The van der Waals surface area contributed by atoms with Crippen LogP contribution >= 0.6 is 0 Å². The van der Waals surface area contributed by atoms with Gasteiger partial charge in [0.25, 0.3) is 0 Å². The predicted octanol–water partition coefficient (Wildman–Crippen LogP) is 2.05. The summed E-state index contributed by atoms with van der Waals surface area (Å²) >= 11 is 0. The lowest BCUT2D eigenvalue weighted by atomic mass is 9.66. The fourth-order valence-corrected chi connectivity index (χ4v) is 3.60. The van der Waals surface area contributed by atoms with E-state index in [1.165, 1.54) is 11.0 Å². The van der Waals surface area contributed by atoms with Crippen molar-refractivity contribution < 1.29 is 13.9 Å². The average Bonchev–Trinajstić information content (AvgIpc) is 3.20. The zero-order valence-corrected chi connectivity index (χ0v) is 14.5. The molecule has 3 heterocycles. The molecule has 140 valence electrons. The standard InChI is InChI=1S/C17H17F2N7O/c1-26-13(3-20)11(4-24-26)12-2-10-14(22-9-23-15(10)25-12)21-7-16(8-27)5-17(18,19)6-16/h2,4,9,27H,5-8H2,1H3,(H2,21,22,23,25). The number of rotatable bonds is 5. The van der Waals surface area contributed by atoms with Gasteiger partial charge in [-0.25, -0.2) is 18.7 Å². The van der Waals surface area contributed by atoms with Crippen LogP contribution in [-0.4, -0.2) is 48.9 Å². The topological polar surface area (TPSA) is 115 Å². The first kappa shape index (κ1) is 17.4. The third kappa shape index (κ3) is 2.90. The van der Waals surface area contributed by atoms with Crippen LogP contribution in [0.15, 0.2) is 18.6 Å². The number of nitrogens with one attached hydrogen (secondary N) is 2. The zero-order chi connectivity index (χ0) is 19.2. The van der Waals surface area contributed by atoms with E-state index in [-0.39, 0.29) is 26.0 Å². The summed E-state index contributed by atoms with van der Waals surface area (Å²) in [4.78, 5) is 11.5. The zero-order valence-electron chi connectivity index (χ0n) is 14.5. The van der Waals surface area contributed by atoms with Crippen molar-refractivity contribution in [3.63, 3.8) is 0 Å². The van der Waals surface area contributed by atoms with Gasteiger partial charge in [-0.15, -0.1) is 0 Å². The highest BCUT2D eigenvalue weighted by molar-refractivity contribution is 5.91. The molecule has 0 radical (unpaired) electrons. The van der Waals surface area contributed by atoms with Crippen molar-refractivity contribution in [3.05, 3.63) is 24.3 Å². The van der Waals surface area contributed by atoms with Crippen LogP contribution in [0.3, 0.4) is 0 Å². The number of H-pyrrole nitrogens is 1. The third-order valence-corrected chi connectivity index (χ3v) is 4.99. The van der Waals surface area contributed by atoms with Crippen LogP contribution in [0.2, 0.25) is 0 Å². The average molecular weight is 373 g/mol. The van der Waals surface area contributed by atoms with Gasteiger partial charge < -0.3 is 15.4 Å². The number of anilines is 1. The summed E-state index contributed by atoms with van der Waals surface area (Å²) in [5, 5.41) is 26.7. The Hall–Kier alpha value is -3.06. The van der Waals surface area contributed by atoms with E-state index in [0.717, 1.165) is 0 Å². The van der Waals surface area contributed by atoms with Crippen molar-refractivity contribution >= 4 is 16.9 Å². The first-order valence-electron chi connectivity index (χ1n) is 8.35. The summed E-state index contributed by atoms with van der Waals surface area (Å²) < 4.78 is 28.0. The fourth-order valence-electron chi connectivity index (χ4n) is 3.60. The molecule has 0 bridgehead atoms. The van der Waals surface area contributed by atoms with Crippen LogP contribution in [-0.2, 0) is 7.05 Å². The molecule has 3 aromatic heterocycles. The summed E-state index contributed by atoms with van der Waals surface area (Å²) in [7, 11) is 1.68. The lowest BCUT2D eigenvalue weighted by Gasteiger charge is -2.46. The number of fused-ring (bicyclic) bond motifs is 1. The molecule has 1 aliphatic carbocycles. The Morgan fingerprint density at radius 2 is 2.19 bits per heavy atom. The van der Waals surface area contributed by atoms with Gasteiger partial charge >= 0.3 is 0 Å². The van der Waals surface area contributed by atoms with Gasteiger partial charge in [0.1, 0.15) is 29.6 Å². The fraction of sp³-hybridized carbons (Fsp3) is 0.412. The lowest BCUT2D eigenvalue weighted by molar-refractivity contribution is -0.169. The van der Waals surface area contributed by atoms with Gasteiger partial charge in [0, 0.05) is 31.8 Å². The minimum atomic E-state index is -2.72. The van der Waals surface area contributed by atoms with Crippen molar-refractivity contribution in [1.29, 1.82) is 5.26 Å². The van der Waals surface area contributed by atoms with E-state index in [9.17, 15) is 19.1 Å². The van der Waals surface area contributed by atoms with Crippen LogP contribution in [0.25, 0.3) is 22.3 Å². The monoisotopic (exact) mass is 373 g/mol. The summed E-state index contributed by atoms with van der Waals surface area (Å²) in [5.74, 6) is -2.24. The Labute approximate surface area is 152 Å². The Balaban J connectivity index is 1.63. The number of hydrogen-bond donors (Lipinski definition) is 3. The number of halogens is 2. The maximum Gasteiger partial charge on any atom is 0.249 e. The number of hydrogen-bond acceptors (Lipinski definition) is 6. The number of nitrogens with zero attached hydrogens (tertiary/aromatic N) is 5. The number of aromatic nitrogens is 5. The smallest absolute Gasteiger partial charge is 0.249 e. The highest BCUT2D eigenvalue weighted by Gasteiger charge is 2.56. The Morgan fingerprint density at radius 1 is 1.41 bits per heavy atom. The van der Waals surface area contributed by atoms with Crippen molar-refractivity contribution in [2.45, 2.75) is 18.8 Å². The first-order valence-corrected chi connectivity index (χ1v) is 8.35. The molecule has 10 heteroatoms. The number of aromatic amines is 1. The molecular formula is C17H17F2N7O. The third-order valence-electron chi connectivity index (χ3n) is 4.99. The maximum atomic E-state index is 13.3. The summed E-state index contributed by atoms with van der Waals surface area (Å²) in [6, 6.07) is 3.90. The second kappa shape index (κ2) is 5.99. The molecule has 4 rings (SSSR count). The van der Waals surface area contributed by atoms with Gasteiger partial charge in [-0.1, -0.05) is 0 Å². The van der Waals surface area contributed by atoms with Crippen molar-refractivity contribution in [1.82, 2.24) is 24.7 Å². The quantitative estimate of drug-likeness (QED) is 0.630. The van der Waals surface area contributed by atoms with E-state index < -0.39 is 11.3 Å². The molecule has 1 aliphatic rings. The van der Waals surface area contributed by atoms with Crippen molar-refractivity contribution in [2.24, 2.45) is 12.5 Å². The molecule has 1 saturated carbocycles.